The largest absolute Gasteiger partial charge is 0.326 e. The van der Waals surface area contributed by atoms with Crippen molar-refractivity contribution in [2.45, 2.75) is 50.5 Å². The van der Waals surface area contributed by atoms with E-state index in [4.69, 9.17) is 0 Å². The Morgan fingerprint density at radius 3 is 2.31 bits per heavy atom. The molecule has 32 heavy (non-hydrogen) atoms. The van der Waals surface area contributed by atoms with Crippen molar-refractivity contribution >= 4 is 21.6 Å². The lowest BCUT2D eigenvalue weighted by atomic mass is 9.95. The van der Waals surface area contributed by atoms with E-state index >= 15 is 0 Å². The fourth-order valence-electron chi connectivity index (χ4n) is 4.63. The third-order valence-corrected chi connectivity index (χ3v) is 8.43. The molecule has 1 N–H and O–H groups in total. The van der Waals surface area contributed by atoms with E-state index in [9.17, 15) is 13.2 Å². The predicted octanol–water partition coefficient (Wildman–Crippen LogP) is 4.02. The van der Waals surface area contributed by atoms with Gasteiger partial charge in [-0.3, -0.25) is 9.69 Å². The second-order valence-corrected chi connectivity index (χ2v) is 11.0. The number of rotatable bonds is 6. The highest BCUT2D eigenvalue weighted by atomic mass is 32.2. The number of aryl methyl sites for hydroxylation is 1. The van der Waals surface area contributed by atoms with E-state index in [1.807, 2.05) is 0 Å². The number of nitrogens with one attached hydrogen (secondary N) is 1. The quantitative estimate of drug-likeness (QED) is 0.714. The molecule has 0 spiro atoms. The van der Waals surface area contributed by atoms with Crippen LogP contribution in [-0.2, 0) is 21.4 Å². The summed E-state index contributed by atoms with van der Waals surface area (Å²) in [5.41, 5.74) is 3.23. The number of hydrogen-bond acceptors (Lipinski definition) is 4. The van der Waals surface area contributed by atoms with Crippen molar-refractivity contribution in [3.05, 3.63) is 59.7 Å². The van der Waals surface area contributed by atoms with Crippen LogP contribution >= 0.6 is 0 Å². The minimum atomic E-state index is -3.45. The number of piperidine rings is 2. The number of nitrogens with zero attached hydrogens (tertiary/aromatic N) is 2. The van der Waals surface area contributed by atoms with Crippen LogP contribution in [0.1, 0.15) is 43.2 Å². The maximum atomic E-state index is 12.8. The number of amides is 1. The molecule has 2 aliphatic heterocycles. The fourth-order valence-corrected chi connectivity index (χ4v) is 6.15. The van der Waals surface area contributed by atoms with Crippen LogP contribution in [0.4, 0.5) is 5.69 Å². The molecule has 0 atom stereocenters. The molecule has 0 unspecified atom stereocenters. The van der Waals surface area contributed by atoms with Gasteiger partial charge in [0.1, 0.15) is 0 Å². The average molecular weight is 456 g/mol. The summed E-state index contributed by atoms with van der Waals surface area (Å²) >= 11 is 0. The van der Waals surface area contributed by atoms with Gasteiger partial charge in [-0.25, -0.2) is 8.42 Å². The van der Waals surface area contributed by atoms with Gasteiger partial charge in [0.2, 0.25) is 15.9 Å². The molecule has 1 amide bonds. The molecule has 2 saturated heterocycles. The Bertz CT molecular complexity index is 1020. The molecule has 0 saturated carbocycles. The molecule has 2 aromatic carbocycles. The summed E-state index contributed by atoms with van der Waals surface area (Å²) in [6, 6.07) is 15.2. The molecular weight excluding hydrogens is 422 g/mol. The highest BCUT2D eigenvalue weighted by molar-refractivity contribution is 7.89. The monoisotopic (exact) mass is 455 g/mol. The molecule has 6 nitrogen and oxygen atoms in total. The predicted molar refractivity (Wildman–Crippen MR) is 127 cm³/mol. The summed E-state index contributed by atoms with van der Waals surface area (Å²) in [6.07, 6.45) is 4.58. The van der Waals surface area contributed by atoms with Gasteiger partial charge in [0.25, 0.3) is 0 Å². The van der Waals surface area contributed by atoms with Crippen molar-refractivity contribution in [3.63, 3.8) is 0 Å². The van der Waals surface area contributed by atoms with Crippen molar-refractivity contribution in [1.82, 2.24) is 9.21 Å². The molecule has 0 bridgehead atoms. The van der Waals surface area contributed by atoms with Gasteiger partial charge in [0, 0.05) is 31.2 Å². The molecule has 2 heterocycles. The van der Waals surface area contributed by atoms with E-state index in [0.29, 0.717) is 23.7 Å². The minimum Gasteiger partial charge on any atom is -0.326 e. The van der Waals surface area contributed by atoms with Crippen molar-refractivity contribution < 1.29 is 13.2 Å². The Labute approximate surface area is 191 Å². The summed E-state index contributed by atoms with van der Waals surface area (Å²) in [4.78, 5) is 15.4. The third-order valence-electron chi connectivity index (χ3n) is 6.52. The smallest absolute Gasteiger partial charge is 0.243 e. The highest BCUT2D eigenvalue weighted by Crippen LogP contribution is 2.24. The second-order valence-electron chi connectivity index (χ2n) is 9.02. The third kappa shape index (κ3) is 5.57. The van der Waals surface area contributed by atoms with Crippen LogP contribution < -0.4 is 5.32 Å². The molecule has 0 radical (unpaired) electrons. The number of carbonyl (C=O) groups is 1. The molecule has 172 valence electrons. The molecule has 0 aliphatic carbocycles. The lowest BCUT2D eigenvalue weighted by Crippen LogP contribution is -2.37. The number of sulfonamides is 1. The molecule has 2 aromatic rings. The van der Waals surface area contributed by atoms with Gasteiger partial charge in [-0.15, -0.1) is 0 Å². The normalized spacial score (nSPS) is 19.0. The SMILES string of the molecule is Cc1cccc(CN2CCC(C(=O)Nc3ccc(S(=O)(=O)N4CCCCC4)cc3)CC2)c1. The summed E-state index contributed by atoms with van der Waals surface area (Å²) in [5.74, 6) is 0.00682. The molecule has 4 rings (SSSR count). The van der Waals surface area contributed by atoms with Gasteiger partial charge in [-0.05, 0) is 75.5 Å². The van der Waals surface area contributed by atoms with Crippen LogP contribution in [0.25, 0.3) is 0 Å². The van der Waals surface area contributed by atoms with Crippen molar-refractivity contribution in [2.75, 3.05) is 31.5 Å². The van der Waals surface area contributed by atoms with Gasteiger partial charge in [-0.2, -0.15) is 4.31 Å². The first-order valence-electron chi connectivity index (χ1n) is 11.6. The number of anilines is 1. The Hall–Kier alpha value is -2.22. The Morgan fingerprint density at radius 1 is 0.969 bits per heavy atom. The Kier molecular flexibility index (Phi) is 7.28. The zero-order valence-corrected chi connectivity index (χ0v) is 19.6. The summed E-state index contributed by atoms with van der Waals surface area (Å²) in [7, 11) is -3.45. The fraction of sp³-hybridized carbons (Fsp3) is 0.480. The van der Waals surface area contributed by atoms with E-state index in [2.05, 4.69) is 41.4 Å². The zero-order valence-electron chi connectivity index (χ0n) is 18.8. The Morgan fingerprint density at radius 2 is 1.66 bits per heavy atom. The van der Waals surface area contributed by atoms with Gasteiger partial charge in [0.15, 0.2) is 0 Å². The van der Waals surface area contributed by atoms with E-state index in [1.54, 1.807) is 28.6 Å². The van der Waals surface area contributed by atoms with Gasteiger partial charge < -0.3 is 5.32 Å². The molecule has 0 aromatic heterocycles. The van der Waals surface area contributed by atoms with Crippen molar-refractivity contribution in [3.8, 4) is 0 Å². The van der Waals surface area contributed by atoms with E-state index in [0.717, 1.165) is 51.7 Å². The first-order valence-corrected chi connectivity index (χ1v) is 13.0. The molecule has 7 heteroatoms. The molecule has 2 aliphatic rings. The zero-order chi connectivity index (χ0) is 22.6. The lowest BCUT2D eigenvalue weighted by Gasteiger charge is -2.31. The second kappa shape index (κ2) is 10.1. The first-order chi connectivity index (χ1) is 15.4. The number of likely N-dealkylation sites (tertiary alicyclic amines) is 1. The molecule has 2 fully saturated rings. The average Bonchev–Trinajstić information content (AvgIpc) is 2.80. The maximum Gasteiger partial charge on any atom is 0.243 e. The van der Waals surface area contributed by atoms with Crippen LogP contribution in [0.5, 0.6) is 0 Å². The highest BCUT2D eigenvalue weighted by Gasteiger charge is 2.27. The van der Waals surface area contributed by atoms with Gasteiger partial charge in [-0.1, -0.05) is 36.2 Å². The van der Waals surface area contributed by atoms with Crippen LogP contribution in [0.15, 0.2) is 53.4 Å². The van der Waals surface area contributed by atoms with Crippen LogP contribution in [0, 0.1) is 12.8 Å². The summed E-state index contributed by atoms with van der Waals surface area (Å²) in [6.45, 7) is 6.00. The standard InChI is InChI=1S/C25H33N3O3S/c1-20-6-5-7-21(18-20)19-27-16-12-22(13-17-27)25(29)26-23-8-10-24(11-9-23)32(30,31)28-14-3-2-4-15-28/h5-11,18,22H,2-4,12-17,19H2,1H3,(H,26,29). The summed E-state index contributed by atoms with van der Waals surface area (Å²) in [5, 5.41) is 2.98. The van der Waals surface area contributed by atoms with Crippen molar-refractivity contribution in [1.29, 1.82) is 0 Å². The van der Waals surface area contributed by atoms with E-state index in [1.165, 1.54) is 11.1 Å². The summed E-state index contributed by atoms with van der Waals surface area (Å²) < 4.78 is 27.1. The van der Waals surface area contributed by atoms with Crippen molar-refractivity contribution in [2.24, 2.45) is 5.92 Å². The van der Waals surface area contributed by atoms with Crippen LogP contribution in [-0.4, -0.2) is 49.7 Å². The van der Waals surface area contributed by atoms with Crippen LogP contribution in [0.2, 0.25) is 0 Å². The van der Waals surface area contributed by atoms with Gasteiger partial charge >= 0.3 is 0 Å². The molecular formula is C25H33N3O3S. The first kappa shape index (κ1) is 23.0. The minimum absolute atomic E-state index is 0.0134. The van der Waals surface area contributed by atoms with Crippen LogP contribution in [0.3, 0.4) is 0 Å². The van der Waals surface area contributed by atoms with E-state index in [-0.39, 0.29) is 11.8 Å². The maximum absolute atomic E-state index is 12.8. The number of hydrogen-bond donors (Lipinski definition) is 1. The number of benzene rings is 2. The topological polar surface area (TPSA) is 69.7 Å². The Balaban J connectivity index is 1.29. The number of carbonyl (C=O) groups excluding carboxylic acids is 1. The van der Waals surface area contributed by atoms with Gasteiger partial charge in [0.05, 0.1) is 4.90 Å². The van der Waals surface area contributed by atoms with E-state index < -0.39 is 10.0 Å². The lowest BCUT2D eigenvalue weighted by molar-refractivity contribution is -0.121.